The topological polar surface area (TPSA) is 37.4 Å². The highest BCUT2D eigenvalue weighted by Gasteiger charge is 2.23. The maximum atomic E-state index is 13.3. The van der Waals surface area contributed by atoms with E-state index >= 15 is 0 Å². The number of rotatable bonds is 3. The van der Waals surface area contributed by atoms with Crippen LogP contribution < -0.4 is 0 Å². The molecule has 0 aliphatic rings. The highest BCUT2D eigenvalue weighted by atomic mass is 35.7. The van der Waals surface area contributed by atoms with Crippen LogP contribution in [0.1, 0.15) is 18.5 Å². The molecule has 0 fully saturated rings. The van der Waals surface area contributed by atoms with Crippen molar-refractivity contribution in [2.75, 3.05) is 7.05 Å². The quantitative estimate of drug-likeness (QED) is 0.773. The molecule has 0 amide bonds. The molecule has 0 bridgehead atoms. The van der Waals surface area contributed by atoms with Crippen LogP contribution in [0.3, 0.4) is 0 Å². The van der Waals surface area contributed by atoms with Gasteiger partial charge in [0.05, 0.1) is 6.04 Å². The van der Waals surface area contributed by atoms with Crippen LogP contribution in [0.25, 0.3) is 0 Å². The van der Waals surface area contributed by atoms with E-state index in [0.717, 1.165) is 4.31 Å². The van der Waals surface area contributed by atoms with E-state index in [4.69, 9.17) is 10.7 Å². The first-order valence-corrected chi connectivity index (χ1v) is 6.52. The Labute approximate surface area is 93.0 Å². The molecule has 0 aromatic heterocycles. The Kier molecular flexibility index (Phi) is 3.70. The average Bonchev–Trinajstić information content (AvgIpc) is 2.15. The molecule has 1 unspecified atom stereocenters. The van der Waals surface area contributed by atoms with Gasteiger partial charge in [-0.25, -0.2) is 4.39 Å². The predicted molar refractivity (Wildman–Crippen MR) is 57.4 cm³/mol. The summed E-state index contributed by atoms with van der Waals surface area (Å²) >= 11 is 0. The zero-order chi connectivity index (χ0) is 11.6. The summed E-state index contributed by atoms with van der Waals surface area (Å²) in [4.78, 5) is 0. The van der Waals surface area contributed by atoms with Crippen LogP contribution in [-0.4, -0.2) is 19.8 Å². The third-order valence-electron chi connectivity index (χ3n) is 2.24. The Balaban J connectivity index is 3.06. The van der Waals surface area contributed by atoms with Crippen LogP contribution in [-0.2, 0) is 9.24 Å². The van der Waals surface area contributed by atoms with Gasteiger partial charge >= 0.3 is 0 Å². The lowest BCUT2D eigenvalue weighted by atomic mass is 10.1. The van der Waals surface area contributed by atoms with E-state index in [9.17, 15) is 12.8 Å². The average molecular weight is 252 g/mol. The van der Waals surface area contributed by atoms with E-state index in [2.05, 4.69) is 0 Å². The Morgan fingerprint density at radius 1 is 1.40 bits per heavy atom. The second-order valence-electron chi connectivity index (χ2n) is 3.16. The predicted octanol–water partition coefficient (Wildman–Crippen LogP) is 2.30. The van der Waals surface area contributed by atoms with Gasteiger partial charge in [-0.2, -0.15) is 12.7 Å². The maximum Gasteiger partial charge on any atom is 0.300 e. The van der Waals surface area contributed by atoms with Crippen LogP contribution in [0.4, 0.5) is 4.39 Å². The minimum atomic E-state index is -3.83. The molecule has 0 N–H and O–H groups in total. The molecule has 0 aliphatic carbocycles. The zero-order valence-electron chi connectivity index (χ0n) is 8.31. The third kappa shape index (κ3) is 2.90. The van der Waals surface area contributed by atoms with Gasteiger partial charge in [-0.1, -0.05) is 18.2 Å². The zero-order valence-corrected chi connectivity index (χ0v) is 9.89. The smallest absolute Gasteiger partial charge is 0.207 e. The lowest BCUT2D eigenvalue weighted by Gasteiger charge is -2.21. The van der Waals surface area contributed by atoms with Gasteiger partial charge in [0.2, 0.25) is 0 Å². The van der Waals surface area contributed by atoms with Gasteiger partial charge in [-0.05, 0) is 13.0 Å². The van der Waals surface area contributed by atoms with Gasteiger partial charge in [-0.15, -0.1) is 0 Å². The largest absolute Gasteiger partial charge is 0.300 e. The Morgan fingerprint density at radius 3 is 2.40 bits per heavy atom. The van der Waals surface area contributed by atoms with Gasteiger partial charge in [0.15, 0.2) is 0 Å². The lowest BCUT2D eigenvalue weighted by molar-refractivity contribution is 0.396. The molecule has 0 heterocycles. The fourth-order valence-corrected chi connectivity index (χ4v) is 2.05. The first kappa shape index (κ1) is 12.4. The van der Waals surface area contributed by atoms with Gasteiger partial charge < -0.3 is 0 Å². The van der Waals surface area contributed by atoms with Gasteiger partial charge in [0, 0.05) is 23.3 Å². The second kappa shape index (κ2) is 4.47. The minimum absolute atomic E-state index is 0.296. The van der Waals surface area contributed by atoms with Crippen molar-refractivity contribution >= 4 is 19.9 Å². The first-order chi connectivity index (χ1) is 6.84. The van der Waals surface area contributed by atoms with E-state index in [1.54, 1.807) is 19.1 Å². The molecule has 1 rings (SSSR count). The van der Waals surface area contributed by atoms with E-state index in [1.807, 2.05) is 0 Å². The summed E-state index contributed by atoms with van der Waals surface area (Å²) in [5.41, 5.74) is 0.296. The fourth-order valence-electron chi connectivity index (χ4n) is 1.20. The van der Waals surface area contributed by atoms with Crippen LogP contribution in [0.15, 0.2) is 24.3 Å². The third-order valence-corrected chi connectivity index (χ3v) is 3.90. The SMILES string of the molecule is CC(c1ccccc1F)N(C)S(=O)(=O)Cl. The molecule has 6 heteroatoms. The Morgan fingerprint density at radius 2 is 1.93 bits per heavy atom. The van der Waals surface area contributed by atoms with Gasteiger partial charge in [0.1, 0.15) is 5.82 Å². The highest BCUT2D eigenvalue weighted by molar-refractivity contribution is 8.11. The number of benzene rings is 1. The highest BCUT2D eigenvalue weighted by Crippen LogP contribution is 2.24. The summed E-state index contributed by atoms with van der Waals surface area (Å²) in [6.45, 7) is 1.57. The summed E-state index contributed by atoms with van der Waals surface area (Å²) in [7, 11) is 2.63. The summed E-state index contributed by atoms with van der Waals surface area (Å²) < 4.78 is 36.3. The molecule has 84 valence electrons. The minimum Gasteiger partial charge on any atom is -0.207 e. The van der Waals surface area contributed by atoms with Crippen LogP contribution in [0.5, 0.6) is 0 Å². The van der Waals surface area contributed by atoms with Crippen molar-refractivity contribution in [3.8, 4) is 0 Å². The van der Waals surface area contributed by atoms with Crippen molar-refractivity contribution in [2.24, 2.45) is 0 Å². The van der Waals surface area contributed by atoms with Crippen molar-refractivity contribution in [2.45, 2.75) is 13.0 Å². The van der Waals surface area contributed by atoms with E-state index < -0.39 is 21.1 Å². The monoisotopic (exact) mass is 251 g/mol. The summed E-state index contributed by atoms with van der Waals surface area (Å²) in [6.07, 6.45) is 0. The summed E-state index contributed by atoms with van der Waals surface area (Å²) in [5, 5.41) is 0. The molecule has 1 aromatic carbocycles. The van der Waals surface area contributed by atoms with Crippen molar-refractivity contribution in [1.82, 2.24) is 4.31 Å². The van der Waals surface area contributed by atoms with E-state index in [0.29, 0.717) is 5.56 Å². The normalized spacial score (nSPS) is 14.2. The number of hydrogen-bond acceptors (Lipinski definition) is 2. The molecule has 0 saturated heterocycles. The number of halogens is 2. The maximum absolute atomic E-state index is 13.3. The number of nitrogens with zero attached hydrogens (tertiary/aromatic N) is 1. The number of hydrogen-bond donors (Lipinski definition) is 0. The molecule has 3 nitrogen and oxygen atoms in total. The van der Waals surface area contributed by atoms with Crippen LogP contribution in [0.2, 0.25) is 0 Å². The molecule has 0 saturated carbocycles. The van der Waals surface area contributed by atoms with Crippen molar-refractivity contribution in [3.63, 3.8) is 0 Å². The molecule has 15 heavy (non-hydrogen) atoms. The van der Waals surface area contributed by atoms with Gasteiger partial charge in [-0.3, -0.25) is 0 Å². The molecule has 1 aromatic rings. The van der Waals surface area contributed by atoms with Gasteiger partial charge in [0.25, 0.3) is 9.24 Å². The summed E-state index contributed by atoms with van der Waals surface area (Å²) in [5.74, 6) is -0.447. The second-order valence-corrected chi connectivity index (χ2v) is 5.73. The van der Waals surface area contributed by atoms with Crippen LogP contribution in [0, 0.1) is 5.82 Å². The van der Waals surface area contributed by atoms with E-state index in [-0.39, 0.29) is 0 Å². The summed E-state index contributed by atoms with van der Waals surface area (Å²) in [6, 6.07) is 5.36. The van der Waals surface area contributed by atoms with Crippen LogP contribution >= 0.6 is 10.7 Å². The fraction of sp³-hybridized carbons (Fsp3) is 0.333. The lowest BCUT2D eigenvalue weighted by Crippen LogP contribution is -2.26. The molecule has 0 aliphatic heterocycles. The first-order valence-electron chi connectivity index (χ1n) is 4.26. The molecular weight excluding hydrogens is 241 g/mol. The van der Waals surface area contributed by atoms with Crippen molar-refractivity contribution in [3.05, 3.63) is 35.6 Å². The van der Waals surface area contributed by atoms with E-state index in [1.165, 1.54) is 19.2 Å². The molecule has 0 spiro atoms. The van der Waals surface area contributed by atoms with Crippen molar-refractivity contribution in [1.29, 1.82) is 0 Å². The molecule has 0 radical (unpaired) electrons. The Hall–Kier alpha value is -0.650. The molecule has 1 atom stereocenters. The van der Waals surface area contributed by atoms with Crippen molar-refractivity contribution < 1.29 is 12.8 Å². The molecular formula is C9H11ClFNO2S. The standard InChI is InChI=1S/C9H11ClFNO2S/c1-7(12(2)15(10,13)14)8-5-3-4-6-9(8)11/h3-7H,1-2H3. The Bertz CT molecular complexity index is 449.